The number of rotatable bonds is 1. The van der Waals surface area contributed by atoms with Gasteiger partial charge in [-0.1, -0.05) is 17.7 Å². The Morgan fingerprint density at radius 1 is 1.40 bits per heavy atom. The summed E-state index contributed by atoms with van der Waals surface area (Å²) in [5.41, 5.74) is 3.69. The van der Waals surface area contributed by atoms with Crippen LogP contribution >= 0.6 is 11.6 Å². The van der Waals surface area contributed by atoms with Gasteiger partial charge in [0.15, 0.2) is 5.78 Å². The summed E-state index contributed by atoms with van der Waals surface area (Å²) >= 11 is 5.69. The smallest absolute Gasteiger partial charge is 0.170 e. The Balaban J connectivity index is 2.47. The second-order valence-corrected chi connectivity index (χ2v) is 4.15. The maximum Gasteiger partial charge on any atom is 0.170 e. The van der Waals surface area contributed by atoms with Gasteiger partial charge in [-0.2, -0.15) is 0 Å². The van der Waals surface area contributed by atoms with Crippen molar-refractivity contribution < 1.29 is 4.79 Å². The predicted octanol–water partition coefficient (Wildman–Crippen LogP) is 2.66. The number of halogens is 1. The molecule has 2 aliphatic rings. The molecule has 0 spiro atoms. The van der Waals surface area contributed by atoms with E-state index in [1.165, 1.54) is 0 Å². The van der Waals surface area contributed by atoms with Crippen molar-refractivity contribution >= 4 is 23.1 Å². The number of fused-ring (bicyclic) bond motifs is 1. The van der Waals surface area contributed by atoms with Crippen molar-refractivity contribution in [2.75, 3.05) is 5.88 Å². The van der Waals surface area contributed by atoms with E-state index in [0.717, 1.165) is 16.9 Å². The second-order valence-electron chi connectivity index (χ2n) is 3.88. The molecule has 15 heavy (non-hydrogen) atoms. The van der Waals surface area contributed by atoms with E-state index in [1.807, 2.05) is 26.0 Å². The molecule has 0 saturated heterocycles. The van der Waals surface area contributed by atoms with E-state index in [-0.39, 0.29) is 17.6 Å². The molecule has 1 unspecified atom stereocenters. The molecule has 0 aromatic rings. The molecule has 1 heterocycles. The molecule has 0 bridgehead atoms. The van der Waals surface area contributed by atoms with Crippen LogP contribution in [-0.2, 0) is 4.79 Å². The Morgan fingerprint density at radius 3 is 2.80 bits per heavy atom. The van der Waals surface area contributed by atoms with E-state index in [9.17, 15) is 4.79 Å². The van der Waals surface area contributed by atoms with Crippen LogP contribution in [0.15, 0.2) is 40.1 Å². The van der Waals surface area contributed by atoms with Crippen molar-refractivity contribution in [3.8, 4) is 0 Å². The van der Waals surface area contributed by atoms with E-state index in [4.69, 9.17) is 11.6 Å². The number of allylic oxidation sites excluding steroid dienone is 6. The fourth-order valence-electron chi connectivity index (χ4n) is 1.93. The molecule has 0 N–H and O–H groups in total. The summed E-state index contributed by atoms with van der Waals surface area (Å²) in [5, 5.41) is 0. The van der Waals surface area contributed by atoms with E-state index >= 15 is 0 Å². The van der Waals surface area contributed by atoms with Gasteiger partial charge in [-0.15, -0.1) is 11.6 Å². The van der Waals surface area contributed by atoms with Gasteiger partial charge < -0.3 is 0 Å². The van der Waals surface area contributed by atoms with Crippen LogP contribution in [0.1, 0.15) is 13.8 Å². The first-order valence-corrected chi connectivity index (χ1v) is 5.41. The van der Waals surface area contributed by atoms with Gasteiger partial charge in [0, 0.05) is 6.08 Å². The average molecular weight is 222 g/mol. The van der Waals surface area contributed by atoms with Crippen molar-refractivity contribution in [1.82, 2.24) is 0 Å². The SMILES string of the molecule is CC1=CC2C(=O)C=C(CCl)N=C2C(C)=C1. The van der Waals surface area contributed by atoms with Crippen molar-refractivity contribution in [2.45, 2.75) is 13.8 Å². The minimum absolute atomic E-state index is 0.0856. The molecule has 1 aliphatic carbocycles. The zero-order chi connectivity index (χ0) is 11.0. The van der Waals surface area contributed by atoms with Gasteiger partial charge in [0.05, 0.1) is 23.2 Å². The normalized spacial score (nSPS) is 25.0. The molecule has 2 nitrogen and oxygen atoms in total. The van der Waals surface area contributed by atoms with Crippen LogP contribution in [0.2, 0.25) is 0 Å². The summed E-state index contributed by atoms with van der Waals surface area (Å²) in [5.74, 6) is 0.183. The maximum atomic E-state index is 11.8. The summed E-state index contributed by atoms with van der Waals surface area (Å²) < 4.78 is 0. The number of ketones is 1. The third-order valence-electron chi connectivity index (χ3n) is 2.59. The van der Waals surface area contributed by atoms with Gasteiger partial charge in [0.25, 0.3) is 0 Å². The predicted molar refractivity (Wildman–Crippen MR) is 62.2 cm³/mol. The number of alkyl halides is 1. The highest BCUT2D eigenvalue weighted by Crippen LogP contribution is 2.26. The van der Waals surface area contributed by atoms with E-state index in [2.05, 4.69) is 4.99 Å². The molecule has 1 atom stereocenters. The van der Waals surface area contributed by atoms with Crippen LogP contribution in [-0.4, -0.2) is 17.4 Å². The Hall–Kier alpha value is -1.15. The highest BCUT2D eigenvalue weighted by molar-refractivity contribution is 6.23. The molecule has 2 rings (SSSR count). The second kappa shape index (κ2) is 3.78. The number of carbonyl (C=O) groups is 1. The first-order valence-electron chi connectivity index (χ1n) is 4.88. The highest BCUT2D eigenvalue weighted by Gasteiger charge is 2.28. The number of hydrogen-bond acceptors (Lipinski definition) is 2. The Labute approximate surface area is 94.0 Å². The van der Waals surface area contributed by atoms with E-state index in [1.54, 1.807) is 6.08 Å². The van der Waals surface area contributed by atoms with Gasteiger partial charge >= 0.3 is 0 Å². The number of nitrogens with zero attached hydrogens (tertiary/aromatic N) is 1. The quantitative estimate of drug-likeness (QED) is 0.626. The van der Waals surface area contributed by atoms with Crippen molar-refractivity contribution in [1.29, 1.82) is 0 Å². The molecule has 1 aliphatic heterocycles. The topological polar surface area (TPSA) is 29.4 Å². The van der Waals surface area contributed by atoms with Crippen molar-refractivity contribution in [3.63, 3.8) is 0 Å². The Morgan fingerprint density at radius 2 is 2.13 bits per heavy atom. The van der Waals surface area contributed by atoms with Crippen molar-refractivity contribution in [3.05, 3.63) is 35.1 Å². The summed E-state index contributed by atoms with van der Waals surface area (Å²) in [6.45, 7) is 3.97. The summed E-state index contributed by atoms with van der Waals surface area (Å²) in [6, 6.07) is 0. The van der Waals surface area contributed by atoms with Crippen molar-refractivity contribution in [2.24, 2.45) is 10.9 Å². The molecule has 0 saturated carbocycles. The molecule has 0 radical (unpaired) electrons. The van der Waals surface area contributed by atoms with E-state index in [0.29, 0.717) is 5.70 Å². The van der Waals surface area contributed by atoms with Gasteiger partial charge in [-0.05, 0) is 19.4 Å². The number of carbonyl (C=O) groups excluding carboxylic acids is 1. The lowest BCUT2D eigenvalue weighted by Gasteiger charge is -2.23. The summed E-state index contributed by atoms with van der Waals surface area (Å²) in [4.78, 5) is 16.2. The lowest BCUT2D eigenvalue weighted by atomic mass is 9.84. The van der Waals surface area contributed by atoms with Crippen LogP contribution in [0.4, 0.5) is 0 Å². The molecule has 78 valence electrons. The van der Waals surface area contributed by atoms with Gasteiger partial charge in [-0.25, -0.2) is 0 Å². The van der Waals surface area contributed by atoms with Gasteiger partial charge in [-0.3, -0.25) is 9.79 Å². The van der Waals surface area contributed by atoms with Crippen LogP contribution in [0.3, 0.4) is 0 Å². The van der Waals surface area contributed by atoms with Gasteiger partial charge in [0.2, 0.25) is 0 Å². The fraction of sp³-hybridized carbons (Fsp3) is 0.333. The summed E-state index contributed by atoms with van der Waals surface area (Å²) in [6.07, 6.45) is 5.54. The van der Waals surface area contributed by atoms with E-state index < -0.39 is 0 Å². The molecular weight excluding hydrogens is 210 g/mol. The third kappa shape index (κ3) is 1.82. The average Bonchev–Trinajstić information content (AvgIpc) is 2.19. The summed E-state index contributed by atoms with van der Waals surface area (Å²) in [7, 11) is 0. The molecule has 0 aromatic carbocycles. The number of hydrogen-bond donors (Lipinski definition) is 0. The molecule has 3 heteroatoms. The maximum absolute atomic E-state index is 11.8. The van der Waals surface area contributed by atoms with Crippen LogP contribution in [0.5, 0.6) is 0 Å². The zero-order valence-corrected chi connectivity index (χ0v) is 9.51. The highest BCUT2D eigenvalue weighted by atomic mass is 35.5. The fourth-order valence-corrected chi connectivity index (χ4v) is 2.07. The molecular formula is C12H12ClNO. The molecule has 0 aromatic heterocycles. The first kappa shape index (κ1) is 10.4. The molecule has 0 fully saturated rings. The van der Waals surface area contributed by atoms with Gasteiger partial charge in [0.1, 0.15) is 0 Å². The minimum Gasteiger partial charge on any atom is -0.294 e. The lowest BCUT2D eigenvalue weighted by molar-refractivity contribution is -0.115. The monoisotopic (exact) mass is 221 g/mol. The third-order valence-corrected chi connectivity index (χ3v) is 2.86. The zero-order valence-electron chi connectivity index (χ0n) is 8.75. The largest absolute Gasteiger partial charge is 0.294 e. The molecule has 0 amide bonds. The van der Waals surface area contributed by atoms with Crippen LogP contribution in [0, 0.1) is 5.92 Å². The number of aliphatic imine (C=N–C) groups is 1. The first-order chi connectivity index (χ1) is 7.11. The van der Waals surface area contributed by atoms with Crippen LogP contribution in [0.25, 0.3) is 0 Å². The lowest BCUT2D eigenvalue weighted by Crippen LogP contribution is -2.27. The Kier molecular flexibility index (Phi) is 2.61. The minimum atomic E-state index is -0.193. The standard InChI is InChI=1S/C12H12ClNO/c1-7-3-8(2)12-10(4-7)11(15)5-9(6-13)14-12/h3-5,10H,6H2,1-2H3. The Bertz CT molecular complexity index is 441. The van der Waals surface area contributed by atoms with Crippen LogP contribution < -0.4 is 0 Å².